The lowest BCUT2D eigenvalue weighted by molar-refractivity contribution is 0.0691. The number of nitrogens with zero attached hydrogens (tertiary/aromatic N) is 2. The van der Waals surface area contributed by atoms with Crippen LogP contribution in [0.1, 0.15) is 35.1 Å². The number of carbonyl (C=O) groups is 1. The van der Waals surface area contributed by atoms with E-state index >= 15 is 0 Å². The van der Waals surface area contributed by atoms with Crippen LogP contribution >= 0.6 is 24.8 Å². The fraction of sp³-hybridized carbons (Fsp3) is 0.600. The molecule has 0 spiro atoms. The summed E-state index contributed by atoms with van der Waals surface area (Å²) >= 11 is 0. The number of nitrogens with one attached hydrogen (secondary N) is 1. The van der Waals surface area contributed by atoms with E-state index in [-0.39, 0.29) is 30.5 Å². The lowest BCUT2D eigenvalue weighted by Gasteiger charge is -2.27. The van der Waals surface area contributed by atoms with Crippen LogP contribution in [-0.2, 0) is 0 Å². The van der Waals surface area contributed by atoms with Crippen LogP contribution in [0.5, 0.6) is 0 Å². The summed E-state index contributed by atoms with van der Waals surface area (Å²) in [4.78, 5) is 19.9. The van der Waals surface area contributed by atoms with Crippen LogP contribution in [0, 0.1) is 0 Å². The van der Waals surface area contributed by atoms with Crippen molar-refractivity contribution in [2.45, 2.75) is 18.8 Å². The second kappa shape index (κ2) is 6.83. The lowest BCUT2D eigenvalue weighted by atomic mass is 9.97. The predicted molar refractivity (Wildman–Crippen MR) is 69.5 cm³/mol. The number of rotatable bonds is 2. The monoisotopic (exact) mass is 281 g/mol. The molecule has 2 N–H and O–H groups in total. The summed E-state index contributed by atoms with van der Waals surface area (Å²) in [5, 5.41) is 8.76. The Morgan fingerprint density at radius 3 is 2.53 bits per heavy atom. The van der Waals surface area contributed by atoms with Gasteiger partial charge in [-0.25, -0.2) is 9.78 Å². The molecule has 0 amide bonds. The molecule has 0 aliphatic carbocycles. The number of carboxylic acids is 1. The molecule has 1 aliphatic rings. The van der Waals surface area contributed by atoms with Crippen LogP contribution in [-0.4, -0.2) is 46.1 Å². The highest BCUT2D eigenvalue weighted by Crippen LogP contribution is 2.24. The molecule has 7 heteroatoms. The summed E-state index contributed by atoms with van der Waals surface area (Å²) in [7, 11) is 2.10. The summed E-state index contributed by atoms with van der Waals surface area (Å²) in [6, 6.07) is 0. The first-order chi connectivity index (χ1) is 7.16. The van der Waals surface area contributed by atoms with Crippen LogP contribution in [0.15, 0.2) is 6.20 Å². The van der Waals surface area contributed by atoms with E-state index in [0.29, 0.717) is 5.92 Å². The molecule has 0 saturated carbocycles. The molecule has 0 bridgehead atoms. The summed E-state index contributed by atoms with van der Waals surface area (Å²) in [5.74, 6) is 0.261. The zero-order valence-electron chi connectivity index (χ0n) is 9.55. The second-order valence-electron chi connectivity index (χ2n) is 4.06. The molecule has 0 radical (unpaired) electrons. The third-order valence-corrected chi connectivity index (χ3v) is 2.93. The first kappa shape index (κ1) is 16.2. The molecule has 1 saturated heterocycles. The van der Waals surface area contributed by atoms with Gasteiger partial charge in [-0.15, -0.1) is 24.8 Å². The van der Waals surface area contributed by atoms with E-state index < -0.39 is 5.97 Å². The van der Waals surface area contributed by atoms with Crippen molar-refractivity contribution in [3.8, 4) is 0 Å². The highest BCUT2D eigenvalue weighted by atomic mass is 35.5. The fourth-order valence-electron chi connectivity index (χ4n) is 1.93. The maximum absolute atomic E-state index is 10.7. The maximum Gasteiger partial charge on any atom is 0.353 e. The van der Waals surface area contributed by atoms with Gasteiger partial charge in [-0.2, -0.15) is 0 Å². The molecule has 1 aromatic rings. The topological polar surface area (TPSA) is 69.2 Å². The highest BCUT2D eigenvalue weighted by Gasteiger charge is 2.21. The van der Waals surface area contributed by atoms with E-state index in [0.717, 1.165) is 31.8 Å². The summed E-state index contributed by atoms with van der Waals surface area (Å²) < 4.78 is 0. The molecular formula is C10H17Cl2N3O2. The number of carboxylic acid groups (broad SMARTS) is 1. The Balaban J connectivity index is 0.00000128. The predicted octanol–water partition coefficient (Wildman–Crippen LogP) is 1.76. The number of aromatic amines is 1. The zero-order valence-corrected chi connectivity index (χ0v) is 11.2. The van der Waals surface area contributed by atoms with E-state index in [1.807, 2.05) is 0 Å². The molecule has 1 fully saturated rings. The molecule has 2 rings (SSSR count). The summed E-state index contributed by atoms with van der Waals surface area (Å²) in [6.07, 6.45) is 3.49. The van der Waals surface area contributed by atoms with Gasteiger partial charge < -0.3 is 15.0 Å². The summed E-state index contributed by atoms with van der Waals surface area (Å²) in [6.45, 7) is 2.10. The number of H-pyrrole nitrogens is 1. The number of aromatic nitrogens is 2. The van der Waals surface area contributed by atoms with Crippen LogP contribution in [0.3, 0.4) is 0 Å². The molecule has 1 aromatic heterocycles. The molecule has 0 aromatic carbocycles. The van der Waals surface area contributed by atoms with Gasteiger partial charge in [-0.1, -0.05) is 0 Å². The number of halogens is 2. The lowest BCUT2D eigenvalue weighted by Crippen LogP contribution is -2.29. The Hall–Kier alpha value is -0.780. The van der Waals surface area contributed by atoms with Crippen molar-refractivity contribution < 1.29 is 9.90 Å². The van der Waals surface area contributed by atoms with Crippen LogP contribution in [0.4, 0.5) is 0 Å². The summed E-state index contributed by atoms with van der Waals surface area (Å²) in [5.41, 5.74) is 0.184. The van der Waals surface area contributed by atoms with E-state index in [4.69, 9.17) is 5.11 Å². The number of imidazole rings is 1. The van der Waals surface area contributed by atoms with Gasteiger partial charge in [0.1, 0.15) is 11.5 Å². The van der Waals surface area contributed by atoms with Gasteiger partial charge in [0.2, 0.25) is 0 Å². The van der Waals surface area contributed by atoms with Gasteiger partial charge in [-0.3, -0.25) is 0 Å². The number of aromatic carboxylic acids is 1. The molecule has 17 heavy (non-hydrogen) atoms. The van der Waals surface area contributed by atoms with Crippen molar-refractivity contribution in [2.75, 3.05) is 20.1 Å². The van der Waals surface area contributed by atoms with E-state index in [1.165, 1.54) is 6.20 Å². The van der Waals surface area contributed by atoms with E-state index in [1.54, 1.807) is 0 Å². The Labute approximate surface area is 112 Å². The number of hydrogen-bond acceptors (Lipinski definition) is 3. The van der Waals surface area contributed by atoms with Gasteiger partial charge in [0.25, 0.3) is 0 Å². The van der Waals surface area contributed by atoms with E-state index in [9.17, 15) is 4.79 Å². The van der Waals surface area contributed by atoms with Crippen molar-refractivity contribution in [3.05, 3.63) is 17.7 Å². The number of likely N-dealkylation sites (tertiary alicyclic amines) is 1. The van der Waals surface area contributed by atoms with Gasteiger partial charge >= 0.3 is 5.97 Å². The maximum atomic E-state index is 10.7. The Morgan fingerprint density at radius 1 is 1.47 bits per heavy atom. The van der Waals surface area contributed by atoms with Gasteiger partial charge in [0.05, 0.1) is 6.20 Å². The third-order valence-electron chi connectivity index (χ3n) is 2.93. The van der Waals surface area contributed by atoms with Crippen LogP contribution in [0.25, 0.3) is 0 Å². The number of hydrogen-bond donors (Lipinski definition) is 2. The van der Waals surface area contributed by atoms with Crippen molar-refractivity contribution in [1.82, 2.24) is 14.9 Å². The molecule has 5 nitrogen and oxygen atoms in total. The van der Waals surface area contributed by atoms with Gasteiger partial charge in [-0.05, 0) is 33.0 Å². The first-order valence-corrected chi connectivity index (χ1v) is 5.13. The standard InChI is InChI=1S/C10H15N3O2.2ClH/c1-13-4-2-7(3-5-13)9-11-6-8(12-9)10(14)15;;/h6-7H,2-5H2,1H3,(H,11,12)(H,14,15);2*1H. The Kier molecular flexibility index (Phi) is 6.52. The smallest absolute Gasteiger partial charge is 0.353 e. The number of piperidine rings is 1. The van der Waals surface area contributed by atoms with Gasteiger partial charge in [0.15, 0.2) is 0 Å². The highest BCUT2D eigenvalue weighted by molar-refractivity contribution is 5.85. The second-order valence-corrected chi connectivity index (χ2v) is 4.06. The molecule has 0 unspecified atom stereocenters. The normalized spacial score (nSPS) is 17.0. The minimum atomic E-state index is -0.943. The van der Waals surface area contributed by atoms with Crippen LogP contribution < -0.4 is 0 Å². The average molecular weight is 282 g/mol. The van der Waals surface area contributed by atoms with Crippen molar-refractivity contribution >= 4 is 30.8 Å². The van der Waals surface area contributed by atoms with Crippen molar-refractivity contribution in [3.63, 3.8) is 0 Å². The average Bonchev–Trinajstić information content (AvgIpc) is 2.68. The largest absolute Gasteiger partial charge is 0.477 e. The quantitative estimate of drug-likeness (QED) is 0.867. The fourth-order valence-corrected chi connectivity index (χ4v) is 1.93. The van der Waals surface area contributed by atoms with Crippen LogP contribution in [0.2, 0.25) is 0 Å². The molecule has 1 aliphatic heterocycles. The van der Waals surface area contributed by atoms with Gasteiger partial charge in [0, 0.05) is 5.92 Å². The Bertz CT molecular complexity index is 362. The first-order valence-electron chi connectivity index (χ1n) is 5.13. The van der Waals surface area contributed by atoms with Crippen molar-refractivity contribution in [2.24, 2.45) is 0 Å². The van der Waals surface area contributed by atoms with E-state index in [2.05, 4.69) is 21.9 Å². The van der Waals surface area contributed by atoms with Crippen molar-refractivity contribution in [1.29, 1.82) is 0 Å². The minimum Gasteiger partial charge on any atom is -0.477 e. The molecule has 2 heterocycles. The minimum absolute atomic E-state index is 0. The Morgan fingerprint density at radius 2 is 2.06 bits per heavy atom. The third kappa shape index (κ3) is 3.87. The molecule has 98 valence electrons. The molecule has 0 atom stereocenters. The SMILES string of the molecule is CN1CCC(c2ncc(C(=O)O)[nH]2)CC1.Cl.Cl. The molecular weight excluding hydrogens is 265 g/mol. The zero-order chi connectivity index (χ0) is 10.8.